The normalized spacial score (nSPS) is 12.7. The molecule has 3 heteroatoms. The van der Waals surface area contributed by atoms with Gasteiger partial charge in [-0.2, -0.15) is 0 Å². The number of nitrogens with zero attached hydrogens (tertiary/aromatic N) is 1. The molecule has 3 nitrogen and oxygen atoms in total. The first-order valence-electron chi connectivity index (χ1n) is 7.44. The van der Waals surface area contributed by atoms with Crippen LogP contribution in [0, 0.1) is 0 Å². The Kier molecular flexibility index (Phi) is 7.53. The molecule has 1 aromatic rings. The molecule has 0 aliphatic carbocycles. The van der Waals surface area contributed by atoms with Gasteiger partial charge in [-0.05, 0) is 32.5 Å². The number of unbranched alkanes of at least 4 members (excludes halogenated alkanes) is 1. The van der Waals surface area contributed by atoms with Gasteiger partial charge in [-0.3, -0.25) is 4.90 Å². The summed E-state index contributed by atoms with van der Waals surface area (Å²) in [6, 6.07) is 8.50. The first-order chi connectivity index (χ1) is 9.28. The van der Waals surface area contributed by atoms with Gasteiger partial charge in [-0.25, -0.2) is 0 Å². The van der Waals surface area contributed by atoms with Crippen LogP contribution in [0.2, 0.25) is 0 Å². The van der Waals surface area contributed by atoms with Crippen LogP contribution in [0.1, 0.15) is 45.2 Å². The maximum Gasteiger partial charge on any atom is 0.124 e. The summed E-state index contributed by atoms with van der Waals surface area (Å²) >= 11 is 0. The Labute approximate surface area is 117 Å². The summed E-state index contributed by atoms with van der Waals surface area (Å²) in [7, 11) is 0. The molecule has 0 saturated carbocycles. The minimum atomic E-state index is 0.249. The van der Waals surface area contributed by atoms with Crippen LogP contribution in [-0.4, -0.2) is 31.1 Å². The fourth-order valence-electron chi connectivity index (χ4n) is 2.41. The van der Waals surface area contributed by atoms with Crippen molar-refractivity contribution >= 4 is 0 Å². The van der Waals surface area contributed by atoms with Crippen LogP contribution >= 0.6 is 0 Å². The summed E-state index contributed by atoms with van der Waals surface area (Å²) in [6.45, 7) is 9.86. The third-order valence-electron chi connectivity index (χ3n) is 3.45. The lowest BCUT2D eigenvalue weighted by atomic mass is 10.0. The molecule has 0 aliphatic rings. The number of ether oxygens (including phenoxy) is 1. The van der Waals surface area contributed by atoms with E-state index in [4.69, 9.17) is 10.5 Å². The number of para-hydroxylation sites is 1. The molecule has 0 bridgehead atoms. The van der Waals surface area contributed by atoms with Crippen LogP contribution < -0.4 is 10.5 Å². The largest absolute Gasteiger partial charge is 0.494 e. The van der Waals surface area contributed by atoms with Crippen LogP contribution in [-0.2, 0) is 0 Å². The average molecular weight is 264 g/mol. The predicted molar refractivity (Wildman–Crippen MR) is 81.6 cm³/mol. The molecule has 0 spiro atoms. The monoisotopic (exact) mass is 264 g/mol. The van der Waals surface area contributed by atoms with Gasteiger partial charge in [-0.15, -0.1) is 0 Å². The second-order valence-corrected chi connectivity index (χ2v) is 4.70. The SMILES string of the molecule is CCCCN(CC)C(CN)c1ccccc1OCC. The third kappa shape index (κ3) is 4.51. The average Bonchev–Trinajstić information content (AvgIpc) is 2.45. The van der Waals surface area contributed by atoms with Gasteiger partial charge < -0.3 is 10.5 Å². The van der Waals surface area contributed by atoms with Gasteiger partial charge in [0.1, 0.15) is 5.75 Å². The van der Waals surface area contributed by atoms with Crippen molar-refractivity contribution < 1.29 is 4.74 Å². The molecule has 1 unspecified atom stereocenters. The molecule has 19 heavy (non-hydrogen) atoms. The van der Waals surface area contributed by atoms with Gasteiger partial charge in [0.05, 0.1) is 12.6 Å². The Bertz CT molecular complexity index is 354. The number of rotatable bonds is 9. The summed E-state index contributed by atoms with van der Waals surface area (Å²) in [4.78, 5) is 2.45. The van der Waals surface area contributed by atoms with Crippen molar-refractivity contribution in [1.82, 2.24) is 4.90 Å². The summed E-state index contributed by atoms with van der Waals surface area (Å²) in [5, 5.41) is 0. The molecule has 1 rings (SSSR count). The zero-order valence-electron chi connectivity index (χ0n) is 12.6. The maximum absolute atomic E-state index is 6.02. The van der Waals surface area contributed by atoms with Gasteiger partial charge in [0, 0.05) is 12.1 Å². The highest BCUT2D eigenvalue weighted by Gasteiger charge is 2.20. The summed E-state index contributed by atoms with van der Waals surface area (Å²) in [5.74, 6) is 0.968. The van der Waals surface area contributed by atoms with Crippen LogP contribution in [0.4, 0.5) is 0 Å². The number of hydrogen-bond acceptors (Lipinski definition) is 3. The lowest BCUT2D eigenvalue weighted by Gasteiger charge is -2.31. The summed E-state index contributed by atoms with van der Waals surface area (Å²) in [5.41, 5.74) is 7.23. The van der Waals surface area contributed by atoms with Crippen molar-refractivity contribution in [3.8, 4) is 5.75 Å². The maximum atomic E-state index is 6.02. The van der Waals surface area contributed by atoms with E-state index in [2.05, 4.69) is 30.9 Å². The molecule has 108 valence electrons. The standard InChI is InChI=1S/C16H28N2O/c1-4-7-12-18(5-2)15(13-17)14-10-8-9-11-16(14)19-6-3/h8-11,15H,4-7,12-13,17H2,1-3H3. The minimum absolute atomic E-state index is 0.249. The Morgan fingerprint density at radius 1 is 1.21 bits per heavy atom. The Balaban J connectivity index is 2.93. The molecule has 0 heterocycles. The molecule has 0 fully saturated rings. The second-order valence-electron chi connectivity index (χ2n) is 4.70. The highest BCUT2D eigenvalue weighted by atomic mass is 16.5. The molecule has 0 aliphatic heterocycles. The highest BCUT2D eigenvalue weighted by Crippen LogP contribution is 2.29. The van der Waals surface area contributed by atoms with Gasteiger partial charge in [0.2, 0.25) is 0 Å². The van der Waals surface area contributed by atoms with Crippen LogP contribution in [0.25, 0.3) is 0 Å². The fourth-order valence-corrected chi connectivity index (χ4v) is 2.41. The van der Waals surface area contributed by atoms with E-state index in [1.807, 2.05) is 19.1 Å². The lowest BCUT2D eigenvalue weighted by molar-refractivity contribution is 0.203. The van der Waals surface area contributed by atoms with E-state index < -0.39 is 0 Å². The van der Waals surface area contributed by atoms with Crippen molar-refractivity contribution in [3.63, 3.8) is 0 Å². The van der Waals surface area contributed by atoms with Crippen molar-refractivity contribution in [2.45, 2.75) is 39.7 Å². The Morgan fingerprint density at radius 3 is 2.53 bits per heavy atom. The fraction of sp³-hybridized carbons (Fsp3) is 0.625. The molecular weight excluding hydrogens is 236 g/mol. The second kappa shape index (κ2) is 8.94. The van der Waals surface area contributed by atoms with Gasteiger partial charge in [0.25, 0.3) is 0 Å². The van der Waals surface area contributed by atoms with E-state index in [0.29, 0.717) is 13.2 Å². The molecule has 0 saturated heterocycles. The third-order valence-corrected chi connectivity index (χ3v) is 3.45. The predicted octanol–water partition coefficient (Wildman–Crippen LogP) is 3.21. The van der Waals surface area contributed by atoms with Crippen LogP contribution in [0.15, 0.2) is 24.3 Å². The van der Waals surface area contributed by atoms with Crippen molar-refractivity contribution in [3.05, 3.63) is 29.8 Å². The smallest absolute Gasteiger partial charge is 0.124 e. The van der Waals surface area contributed by atoms with Gasteiger partial charge >= 0.3 is 0 Å². The van der Waals surface area contributed by atoms with E-state index in [0.717, 1.165) is 18.8 Å². The van der Waals surface area contributed by atoms with Crippen LogP contribution in [0.3, 0.4) is 0 Å². The zero-order chi connectivity index (χ0) is 14.1. The number of nitrogens with two attached hydrogens (primary N) is 1. The minimum Gasteiger partial charge on any atom is -0.494 e. The number of benzene rings is 1. The highest BCUT2D eigenvalue weighted by molar-refractivity contribution is 5.36. The topological polar surface area (TPSA) is 38.5 Å². The number of likely N-dealkylation sites (N-methyl/N-ethyl adjacent to an activating group) is 1. The van der Waals surface area contributed by atoms with Gasteiger partial charge in [-0.1, -0.05) is 38.5 Å². The first-order valence-corrected chi connectivity index (χ1v) is 7.44. The molecular formula is C16H28N2O. The zero-order valence-corrected chi connectivity index (χ0v) is 12.6. The first kappa shape index (κ1) is 16.0. The van der Waals surface area contributed by atoms with Crippen molar-refractivity contribution in [2.24, 2.45) is 5.73 Å². The van der Waals surface area contributed by atoms with Crippen LogP contribution in [0.5, 0.6) is 5.75 Å². The molecule has 2 N–H and O–H groups in total. The quantitative estimate of drug-likeness (QED) is 0.744. The lowest BCUT2D eigenvalue weighted by Crippen LogP contribution is -2.34. The van der Waals surface area contributed by atoms with Crippen molar-refractivity contribution in [2.75, 3.05) is 26.2 Å². The van der Waals surface area contributed by atoms with Gasteiger partial charge in [0.15, 0.2) is 0 Å². The summed E-state index contributed by atoms with van der Waals surface area (Å²) < 4.78 is 5.74. The summed E-state index contributed by atoms with van der Waals surface area (Å²) in [6.07, 6.45) is 2.42. The Hall–Kier alpha value is -1.06. The molecule has 1 atom stereocenters. The Morgan fingerprint density at radius 2 is 1.95 bits per heavy atom. The number of hydrogen-bond donors (Lipinski definition) is 1. The van der Waals surface area contributed by atoms with E-state index in [9.17, 15) is 0 Å². The van der Waals surface area contributed by atoms with Crippen molar-refractivity contribution in [1.29, 1.82) is 0 Å². The molecule has 0 aromatic heterocycles. The van der Waals surface area contributed by atoms with E-state index in [1.54, 1.807) is 0 Å². The van der Waals surface area contributed by atoms with E-state index >= 15 is 0 Å². The molecule has 0 radical (unpaired) electrons. The molecule has 1 aromatic carbocycles. The molecule has 0 amide bonds. The van der Waals surface area contributed by atoms with E-state index in [1.165, 1.54) is 18.4 Å². The van der Waals surface area contributed by atoms with E-state index in [-0.39, 0.29) is 6.04 Å².